The van der Waals surface area contributed by atoms with Crippen LogP contribution in [0.2, 0.25) is 0 Å². The zero-order valence-electron chi connectivity index (χ0n) is 14.4. The van der Waals surface area contributed by atoms with E-state index in [1.54, 1.807) is 0 Å². The zero-order chi connectivity index (χ0) is 17.8. The molecule has 132 valence electrons. The summed E-state index contributed by atoms with van der Waals surface area (Å²) in [6, 6.07) is 4.85. The van der Waals surface area contributed by atoms with E-state index in [2.05, 4.69) is 0 Å². The molecular formula is C16H25F3O3Si. The smallest absolute Gasteiger partial charge is 0.367 e. The molecule has 0 aliphatic rings. The minimum Gasteiger partial charge on any atom is -0.367 e. The molecule has 0 aliphatic carbocycles. The summed E-state index contributed by atoms with van der Waals surface area (Å²) in [6.07, 6.45) is -4.91. The van der Waals surface area contributed by atoms with E-state index < -0.39 is 20.5 Å². The van der Waals surface area contributed by atoms with Gasteiger partial charge < -0.3 is 13.3 Å². The van der Waals surface area contributed by atoms with Gasteiger partial charge in [-0.2, -0.15) is 13.2 Å². The highest BCUT2D eigenvalue weighted by Crippen LogP contribution is 2.29. The van der Waals surface area contributed by atoms with Crippen LogP contribution in [-0.4, -0.2) is 27.1 Å². The van der Waals surface area contributed by atoms with Crippen LogP contribution in [0.25, 0.3) is 0 Å². The molecule has 23 heavy (non-hydrogen) atoms. The summed E-state index contributed by atoms with van der Waals surface area (Å²) in [5, 5.41) is 0.529. The summed E-state index contributed by atoms with van der Waals surface area (Å²) < 4.78 is 56.2. The predicted molar refractivity (Wildman–Crippen MR) is 85.5 cm³/mol. The Balaban J connectivity index is 3.30. The second kappa shape index (κ2) is 7.79. The third-order valence-corrected chi connectivity index (χ3v) is 6.12. The molecule has 0 fully saturated rings. The van der Waals surface area contributed by atoms with Gasteiger partial charge in [-0.25, -0.2) is 0 Å². The minimum absolute atomic E-state index is 0.179. The number of alkyl halides is 3. The fraction of sp³-hybridized carbons (Fsp3) is 0.625. The first-order valence-corrected chi connectivity index (χ1v) is 9.40. The summed E-state index contributed by atoms with van der Waals surface area (Å²) in [4.78, 5) is 0. The summed E-state index contributed by atoms with van der Waals surface area (Å²) in [7, 11) is -3.31. The Morgan fingerprint density at radius 2 is 1.09 bits per heavy atom. The first-order valence-electron chi connectivity index (χ1n) is 7.67. The van der Waals surface area contributed by atoms with E-state index in [9.17, 15) is 13.2 Å². The van der Waals surface area contributed by atoms with Gasteiger partial charge in [0.1, 0.15) is 0 Å². The molecule has 3 nitrogen and oxygen atoms in total. The summed E-state index contributed by atoms with van der Waals surface area (Å²) in [5.41, 5.74) is -0.706. The Hall–Kier alpha value is -0.893. The Kier molecular flexibility index (Phi) is 6.82. The minimum atomic E-state index is -4.38. The molecule has 0 atom stereocenters. The molecule has 0 unspecified atom stereocenters. The van der Waals surface area contributed by atoms with E-state index in [0.29, 0.717) is 5.19 Å². The van der Waals surface area contributed by atoms with Crippen molar-refractivity contribution in [3.63, 3.8) is 0 Å². The normalized spacial score (nSPS) is 13.4. The number of hydrogen-bond acceptors (Lipinski definition) is 3. The van der Waals surface area contributed by atoms with Crippen molar-refractivity contribution in [1.82, 2.24) is 0 Å². The van der Waals surface area contributed by atoms with Crippen LogP contribution in [-0.2, 0) is 19.5 Å². The Morgan fingerprint density at radius 1 is 0.739 bits per heavy atom. The van der Waals surface area contributed by atoms with Gasteiger partial charge in [-0.05, 0) is 53.7 Å². The van der Waals surface area contributed by atoms with Crippen molar-refractivity contribution >= 4 is 14.0 Å². The highest BCUT2D eigenvalue weighted by atomic mass is 28.4. The van der Waals surface area contributed by atoms with Crippen LogP contribution in [0.4, 0.5) is 13.2 Å². The van der Waals surface area contributed by atoms with Gasteiger partial charge in [-0.15, -0.1) is 0 Å². The molecule has 0 radical (unpaired) electrons. The standard InChI is InChI=1S/C16H25F3O3Si/c1-11(2)20-23(21-12(3)4,22-13(5)6)15-9-7-14(8-10-15)16(17,18)19/h7-13H,1-6H3. The van der Waals surface area contributed by atoms with Crippen LogP contribution in [0, 0.1) is 0 Å². The van der Waals surface area contributed by atoms with E-state index >= 15 is 0 Å². The molecule has 1 rings (SSSR count). The lowest BCUT2D eigenvalue weighted by Crippen LogP contribution is -2.60. The number of halogens is 3. The molecule has 0 amide bonds. The lowest BCUT2D eigenvalue weighted by Gasteiger charge is -2.34. The van der Waals surface area contributed by atoms with Gasteiger partial charge in [-0.1, -0.05) is 12.1 Å². The van der Waals surface area contributed by atoms with Crippen LogP contribution < -0.4 is 5.19 Å². The summed E-state index contributed by atoms with van der Waals surface area (Å²) in [6.45, 7) is 11.1. The molecule has 0 saturated heterocycles. The Labute approximate surface area is 137 Å². The first kappa shape index (κ1) is 20.2. The maximum absolute atomic E-state index is 12.8. The average Bonchev–Trinajstić information content (AvgIpc) is 2.35. The molecule has 0 aromatic heterocycles. The van der Waals surface area contributed by atoms with Crippen molar-refractivity contribution < 1.29 is 26.4 Å². The maximum Gasteiger partial charge on any atom is 0.537 e. The maximum atomic E-state index is 12.8. The van der Waals surface area contributed by atoms with Gasteiger partial charge in [0.05, 0.1) is 5.56 Å². The second-order valence-corrected chi connectivity index (χ2v) is 8.53. The van der Waals surface area contributed by atoms with Crippen molar-refractivity contribution in [3.8, 4) is 0 Å². The van der Waals surface area contributed by atoms with E-state index in [0.717, 1.165) is 12.1 Å². The quantitative estimate of drug-likeness (QED) is 0.692. The van der Waals surface area contributed by atoms with Crippen LogP contribution >= 0.6 is 0 Å². The number of benzene rings is 1. The van der Waals surface area contributed by atoms with Crippen molar-refractivity contribution in [2.75, 3.05) is 0 Å². The first-order chi connectivity index (χ1) is 10.5. The predicted octanol–water partition coefficient (Wildman–Crippen LogP) is 4.13. The van der Waals surface area contributed by atoms with Crippen molar-refractivity contribution in [2.24, 2.45) is 0 Å². The van der Waals surface area contributed by atoms with Crippen LogP contribution in [0.3, 0.4) is 0 Å². The van der Waals surface area contributed by atoms with Gasteiger partial charge in [0.25, 0.3) is 0 Å². The molecule has 0 spiro atoms. The fourth-order valence-corrected chi connectivity index (χ4v) is 5.09. The lowest BCUT2D eigenvalue weighted by molar-refractivity contribution is -0.137. The van der Waals surface area contributed by atoms with Crippen molar-refractivity contribution in [2.45, 2.75) is 66.0 Å². The third-order valence-electron chi connectivity index (χ3n) is 2.74. The highest BCUT2D eigenvalue weighted by Gasteiger charge is 2.47. The second-order valence-electron chi connectivity index (χ2n) is 6.13. The summed E-state index contributed by atoms with van der Waals surface area (Å²) >= 11 is 0. The van der Waals surface area contributed by atoms with E-state index in [1.807, 2.05) is 41.5 Å². The molecule has 1 aromatic rings. The molecule has 0 bridgehead atoms. The van der Waals surface area contributed by atoms with Gasteiger partial charge in [0, 0.05) is 23.5 Å². The molecule has 0 heterocycles. The number of hydrogen-bond donors (Lipinski definition) is 0. The lowest BCUT2D eigenvalue weighted by atomic mass is 10.2. The highest BCUT2D eigenvalue weighted by molar-refractivity contribution is 6.75. The zero-order valence-corrected chi connectivity index (χ0v) is 15.4. The van der Waals surface area contributed by atoms with E-state index in [1.165, 1.54) is 12.1 Å². The topological polar surface area (TPSA) is 27.7 Å². The molecular weight excluding hydrogens is 325 g/mol. The molecule has 0 aliphatic heterocycles. The van der Waals surface area contributed by atoms with Crippen molar-refractivity contribution in [1.29, 1.82) is 0 Å². The number of rotatable bonds is 7. The van der Waals surface area contributed by atoms with Gasteiger partial charge in [0.15, 0.2) is 0 Å². The van der Waals surface area contributed by atoms with Crippen molar-refractivity contribution in [3.05, 3.63) is 29.8 Å². The average molecular weight is 350 g/mol. The SMILES string of the molecule is CC(C)O[Si](OC(C)C)(OC(C)C)c1ccc(C(F)(F)F)cc1. The van der Waals surface area contributed by atoms with Crippen LogP contribution in [0.1, 0.15) is 47.1 Å². The van der Waals surface area contributed by atoms with Gasteiger partial charge in [0.2, 0.25) is 0 Å². The molecule has 0 N–H and O–H groups in total. The fourth-order valence-electron chi connectivity index (χ4n) is 2.08. The van der Waals surface area contributed by atoms with Crippen LogP contribution in [0.15, 0.2) is 24.3 Å². The monoisotopic (exact) mass is 350 g/mol. The van der Waals surface area contributed by atoms with Gasteiger partial charge in [-0.3, -0.25) is 0 Å². The summed E-state index contributed by atoms with van der Waals surface area (Å²) in [5.74, 6) is 0. The van der Waals surface area contributed by atoms with E-state index in [4.69, 9.17) is 13.3 Å². The van der Waals surface area contributed by atoms with E-state index in [-0.39, 0.29) is 18.3 Å². The van der Waals surface area contributed by atoms with Gasteiger partial charge >= 0.3 is 15.0 Å². The molecule has 1 aromatic carbocycles. The molecule has 7 heteroatoms. The Bertz CT molecular complexity index is 458. The molecule has 0 saturated carbocycles. The Morgan fingerprint density at radius 3 is 1.35 bits per heavy atom. The third kappa shape index (κ3) is 5.91. The van der Waals surface area contributed by atoms with Crippen LogP contribution in [0.5, 0.6) is 0 Å². The largest absolute Gasteiger partial charge is 0.537 e.